The predicted molar refractivity (Wildman–Crippen MR) is 93.4 cm³/mol. The smallest absolute Gasteiger partial charge is 0.332 e. The second kappa shape index (κ2) is 6.63. The molecule has 24 heavy (non-hydrogen) atoms. The van der Waals surface area contributed by atoms with E-state index in [0.29, 0.717) is 18.9 Å². The number of nitrogens with zero attached hydrogens (tertiary/aromatic N) is 5. The minimum Gasteiger partial charge on any atom is -0.354 e. The van der Waals surface area contributed by atoms with Gasteiger partial charge in [0, 0.05) is 51.7 Å². The topological polar surface area (TPSA) is 74.3 Å². The lowest BCUT2D eigenvalue weighted by molar-refractivity contribution is 0.250. The van der Waals surface area contributed by atoms with Crippen molar-refractivity contribution < 1.29 is 0 Å². The number of hydrogen-bond donors (Lipinski definition) is 0. The Morgan fingerprint density at radius 2 is 1.88 bits per heavy atom. The van der Waals surface area contributed by atoms with E-state index in [1.54, 1.807) is 18.4 Å². The van der Waals surface area contributed by atoms with Crippen molar-refractivity contribution >= 4 is 17.2 Å². The molecule has 0 unspecified atom stereocenters. The zero-order chi connectivity index (χ0) is 17.3. The molecule has 0 amide bonds. The molecular formula is C16H19N5O2S. The van der Waals surface area contributed by atoms with Crippen LogP contribution in [0, 0.1) is 11.3 Å². The van der Waals surface area contributed by atoms with Gasteiger partial charge in [0.05, 0.1) is 0 Å². The predicted octanol–water partition coefficient (Wildman–Crippen LogP) is 0.339. The van der Waals surface area contributed by atoms with Gasteiger partial charge in [-0.3, -0.25) is 18.8 Å². The van der Waals surface area contributed by atoms with Crippen molar-refractivity contribution in [3.05, 3.63) is 48.8 Å². The molecule has 8 heteroatoms. The lowest BCUT2D eigenvalue weighted by Crippen LogP contribution is -2.50. The van der Waals surface area contributed by atoms with Crippen molar-refractivity contribution in [1.29, 1.82) is 5.26 Å². The second-order valence-electron chi connectivity index (χ2n) is 5.86. The number of hydrogen-bond acceptors (Lipinski definition) is 6. The number of rotatable bonds is 3. The molecule has 0 aromatic carbocycles. The number of nitriles is 1. The third-order valence-electron chi connectivity index (χ3n) is 4.38. The van der Waals surface area contributed by atoms with Crippen LogP contribution in [0.15, 0.2) is 27.1 Å². The summed E-state index contributed by atoms with van der Waals surface area (Å²) in [6.45, 7) is 3.92. The fraction of sp³-hybridized carbons (Fsp3) is 0.438. The van der Waals surface area contributed by atoms with E-state index in [1.165, 1.54) is 16.5 Å². The van der Waals surface area contributed by atoms with Crippen LogP contribution in [0.25, 0.3) is 0 Å². The SMILES string of the molecule is Cn1c(N2CCN(Cc3cccs3)CC2)c(C#N)c(=O)n(C)c1=O. The summed E-state index contributed by atoms with van der Waals surface area (Å²) in [5.74, 6) is 0.432. The van der Waals surface area contributed by atoms with Crippen molar-refractivity contribution in [3.63, 3.8) is 0 Å². The van der Waals surface area contributed by atoms with Crippen molar-refractivity contribution in [3.8, 4) is 6.07 Å². The van der Waals surface area contributed by atoms with Crippen LogP contribution in [0.3, 0.4) is 0 Å². The molecule has 3 heterocycles. The van der Waals surface area contributed by atoms with Gasteiger partial charge in [0.2, 0.25) is 0 Å². The highest BCUT2D eigenvalue weighted by atomic mass is 32.1. The molecule has 0 radical (unpaired) electrons. The van der Waals surface area contributed by atoms with Crippen LogP contribution < -0.4 is 16.1 Å². The van der Waals surface area contributed by atoms with Crippen LogP contribution in [0.1, 0.15) is 10.4 Å². The molecular weight excluding hydrogens is 326 g/mol. The van der Waals surface area contributed by atoms with Crippen LogP contribution in [0.4, 0.5) is 5.82 Å². The van der Waals surface area contributed by atoms with Gasteiger partial charge in [0.1, 0.15) is 11.9 Å². The van der Waals surface area contributed by atoms with Gasteiger partial charge in [0.15, 0.2) is 5.56 Å². The zero-order valence-corrected chi connectivity index (χ0v) is 14.5. The van der Waals surface area contributed by atoms with Gasteiger partial charge in [-0.15, -0.1) is 11.3 Å². The number of anilines is 1. The third kappa shape index (κ3) is 2.88. The van der Waals surface area contributed by atoms with Gasteiger partial charge in [-0.25, -0.2) is 4.79 Å². The Morgan fingerprint density at radius 3 is 2.46 bits per heavy atom. The number of thiophene rings is 1. The molecule has 0 atom stereocenters. The highest BCUT2D eigenvalue weighted by Crippen LogP contribution is 2.19. The van der Waals surface area contributed by atoms with Gasteiger partial charge < -0.3 is 4.90 Å². The summed E-state index contributed by atoms with van der Waals surface area (Å²) in [5, 5.41) is 11.4. The van der Waals surface area contributed by atoms with E-state index in [1.807, 2.05) is 17.0 Å². The summed E-state index contributed by atoms with van der Waals surface area (Å²) in [5.41, 5.74) is -0.905. The normalized spacial score (nSPS) is 15.5. The highest BCUT2D eigenvalue weighted by molar-refractivity contribution is 7.09. The Hall–Kier alpha value is -2.37. The molecule has 126 valence electrons. The van der Waals surface area contributed by atoms with E-state index in [-0.39, 0.29) is 5.56 Å². The summed E-state index contributed by atoms with van der Waals surface area (Å²) in [6, 6.07) is 6.14. The van der Waals surface area contributed by atoms with Gasteiger partial charge in [-0.1, -0.05) is 6.07 Å². The van der Waals surface area contributed by atoms with Crippen LogP contribution in [0.5, 0.6) is 0 Å². The molecule has 0 bridgehead atoms. The molecule has 0 saturated carbocycles. The van der Waals surface area contributed by atoms with Crippen molar-refractivity contribution in [2.45, 2.75) is 6.54 Å². The summed E-state index contributed by atoms with van der Waals surface area (Å²) >= 11 is 1.74. The maximum Gasteiger partial charge on any atom is 0.332 e. The molecule has 1 aliphatic rings. The first-order valence-corrected chi connectivity index (χ1v) is 8.60. The molecule has 7 nitrogen and oxygen atoms in total. The maximum absolute atomic E-state index is 12.2. The molecule has 0 aliphatic carbocycles. The summed E-state index contributed by atoms with van der Waals surface area (Å²) in [4.78, 5) is 30.0. The lowest BCUT2D eigenvalue weighted by Gasteiger charge is -2.36. The van der Waals surface area contributed by atoms with E-state index in [4.69, 9.17) is 0 Å². The van der Waals surface area contributed by atoms with E-state index in [0.717, 1.165) is 24.2 Å². The molecule has 0 spiro atoms. The van der Waals surface area contributed by atoms with Crippen molar-refractivity contribution in [2.24, 2.45) is 14.1 Å². The Bertz CT molecular complexity index is 883. The van der Waals surface area contributed by atoms with Gasteiger partial charge in [-0.2, -0.15) is 5.26 Å². The standard InChI is InChI=1S/C16H19N5O2S/c1-18-14(13(10-17)15(22)19(2)16(18)23)21-7-5-20(6-8-21)11-12-4-3-9-24-12/h3-4,9H,5-8,11H2,1-2H3. The van der Waals surface area contributed by atoms with E-state index in [2.05, 4.69) is 16.3 Å². The fourth-order valence-corrected chi connectivity index (χ4v) is 3.79. The third-order valence-corrected chi connectivity index (χ3v) is 5.24. The number of aromatic nitrogens is 2. The van der Waals surface area contributed by atoms with Gasteiger partial charge >= 0.3 is 5.69 Å². The summed E-state index contributed by atoms with van der Waals surface area (Å²) in [6.07, 6.45) is 0. The Morgan fingerprint density at radius 1 is 1.17 bits per heavy atom. The lowest BCUT2D eigenvalue weighted by atomic mass is 10.2. The monoisotopic (exact) mass is 345 g/mol. The van der Waals surface area contributed by atoms with Crippen LogP contribution in [-0.4, -0.2) is 40.2 Å². The van der Waals surface area contributed by atoms with Gasteiger partial charge in [-0.05, 0) is 11.4 Å². The van der Waals surface area contributed by atoms with Crippen molar-refractivity contribution in [2.75, 3.05) is 31.1 Å². The largest absolute Gasteiger partial charge is 0.354 e. The van der Waals surface area contributed by atoms with Crippen LogP contribution >= 0.6 is 11.3 Å². The average molecular weight is 345 g/mol. The molecule has 1 aliphatic heterocycles. The Balaban J connectivity index is 1.83. The summed E-state index contributed by atoms with van der Waals surface area (Å²) < 4.78 is 2.38. The molecule has 0 N–H and O–H groups in total. The van der Waals surface area contributed by atoms with E-state index < -0.39 is 11.2 Å². The fourth-order valence-electron chi connectivity index (χ4n) is 3.04. The number of piperazine rings is 1. The van der Waals surface area contributed by atoms with Gasteiger partial charge in [0.25, 0.3) is 5.56 Å². The Kier molecular flexibility index (Phi) is 4.55. The minimum absolute atomic E-state index is 0.0336. The zero-order valence-electron chi connectivity index (χ0n) is 13.7. The Labute approximate surface area is 143 Å². The molecule has 3 rings (SSSR count). The maximum atomic E-state index is 12.2. The van der Waals surface area contributed by atoms with E-state index in [9.17, 15) is 14.9 Å². The second-order valence-corrected chi connectivity index (χ2v) is 6.89. The van der Waals surface area contributed by atoms with E-state index >= 15 is 0 Å². The van der Waals surface area contributed by atoms with Crippen molar-refractivity contribution in [1.82, 2.24) is 14.0 Å². The average Bonchev–Trinajstić information content (AvgIpc) is 3.10. The molecule has 2 aromatic rings. The first kappa shape index (κ1) is 16.5. The van der Waals surface area contributed by atoms with Crippen LogP contribution in [-0.2, 0) is 20.6 Å². The summed E-state index contributed by atoms with van der Waals surface area (Å²) in [7, 11) is 3.00. The minimum atomic E-state index is -0.531. The quantitative estimate of drug-likeness (QED) is 0.802. The first-order chi connectivity index (χ1) is 11.5. The molecule has 1 fully saturated rings. The van der Waals surface area contributed by atoms with Crippen LogP contribution in [0.2, 0.25) is 0 Å². The molecule has 1 saturated heterocycles. The first-order valence-electron chi connectivity index (χ1n) is 7.72. The molecule has 2 aromatic heterocycles. The highest BCUT2D eigenvalue weighted by Gasteiger charge is 2.24.